The van der Waals surface area contributed by atoms with Gasteiger partial charge in [-0.2, -0.15) is 21.4 Å². The summed E-state index contributed by atoms with van der Waals surface area (Å²) in [4.78, 5) is 4.65. The smallest absolute Gasteiger partial charge is 0.286 e. The Bertz CT molecular complexity index is 1630. The topological polar surface area (TPSA) is 124 Å². The van der Waals surface area contributed by atoms with Crippen LogP contribution in [0.3, 0.4) is 0 Å². The molecule has 2 aromatic rings. The molecule has 208 valence electrons. The number of benzene rings is 2. The summed E-state index contributed by atoms with van der Waals surface area (Å²) in [7, 11) is -8.42. The summed E-state index contributed by atoms with van der Waals surface area (Å²) < 4.78 is 66.6. The number of hydrogen-bond donors (Lipinski definition) is 2. The summed E-state index contributed by atoms with van der Waals surface area (Å²) in [5, 5.41) is 0. The lowest BCUT2D eigenvalue weighted by atomic mass is 9.80. The molecule has 2 aliphatic rings. The molecule has 0 atom stereocenters. The Labute approximate surface area is 231 Å². The van der Waals surface area contributed by atoms with Gasteiger partial charge in [0.15, 0.2) is 5.71 Å². The molecule has 0 spiro atoms. The van der Waals surface area contributed by atoms with Crippen molar-refractivity contribution in [3.05, 3.63) is 77.9 Å². The van der Waals surface area contributed by atoms with Crippen LogP contribution in [0.2, 0.25) is 0 Å². The first-order valence-corrected chi connectivity index (χ1v) is 15.9. The van der Waals surface area contributed by atoms with Crippen molar-refractivity contribution in [2.45, 2.75) is 62.7 Å². The molecule has 2 heterocycles. The highest BCUT2D eigenvalue weighted by atomic mass is 32.2. The first kappa shape index (κ1) is 29.1. The third-order valence-corrected chi connectivity index (χ3v) is 9.22. The van der Waals surface area contributed by atoms with Crippen LogP contribution in [0.25, 0.3) is 0 Å². The van der Waals surface area contributed by atoms with Gasteiger partial charge in [-0.25, -0.2) is 0 Å². The van der Waals surface area contributed by atoms with Gasteiger partial charge >= 0.3 is 0 Å². The Morgan fingerprint density at radius 1 is 0.897 bits per heavy atom. The quantitative estimate of drug-likeness (QED) is 0.167. The molecule has 0 saturated carbocycles. The van der Waals surface area contributed by atoms with E-state index < -0.39 is 25.7 Å². The minimum Gasteiger partial charge on any atom is -0.286 e. The molecule has 2 aliphatic heterocycles. The van der Waals surface area contributed by atoms with Crippen LogP contribution in [-0.4, -0.2) is 54.2 Å². The molecule has 4 rings (SSSR count). The molecule has 2 N–H and O–H groups in total. The fraction of sp³-hybridized carbons (Fsp3) is 0.379. The van der Waals surface area contributed by atoms with Crippen molar-refractivity contribution >= 4 is 43.0 Å². The monoisotopic (exact) mass is 571 g/mol. The van der Waals surface area contributed by atoms with E-state index in [-0.39, 0.29) is 22.5 Å². The molecule has 0 radical (unpaired) electrons. The fourth-order valence-corrected chi connectivity index (χ4v) is 6.43. The van der Waals surface area contributed by atoms with Gasteiger partial charge < -0.3 is 0 Å². The van der Waals surface area contributed by atoms with E-state index in [0.29, 0.717) is 19.4 Å². The first-order valence-electron chi connectivity index (χ1n) is 12.9. The third kappa shape index (κ3) is 6.14. The second kappa shape index (κ2) is 10.6. The highest BCUT2D eigenvalue weighted by Crippen LogP contribution is 2.42. The van der Waals surface area contributed by atoms with E-state index in [2.05, 4.69) is 26.0 Å². The minimum atomic E-state index is -4.37. The second-order valence-electron chi connectivity index (χ2n) is 11.0. The Morgan fingerprint density at radius 2 is 1.62 bits per heavy atom. The zero-order valence-corrected chi connectivity index (χ0v) is 24.3. The summed E-state index contributed by atoms with van der Waals surface area (Å²) >= 11 is 0. The summed E-state index contributed by atoms with van der Waals surface area (Å²) in [6.07, 6.45) is 9.42. The average molecular weight is 572 g/mol. The standard InChI is InChI=1S/C29H34N2O6S2/c1-28(2)22-12-8-9-13-24(22)30-26(28)14-6-5-7-15-27-29(3,4)23-20-21(39(35,36)37)16-17-25(23)31(27)18-10-11-19-38(32,33)34/h5-9,12-13,15-17,20H,10-11,14,18-19H2,1-4H3,(H-,32,33,34,35,36,37)/p+1/b6-5+,15-7+. The first-order chi connectivity index (χ1) is 18.1. The van der Waals surface area contributed by atoms with Crippen molar-refractivity contribution in [3.8, 4) is 0 Å². The fourth-order valence-electron chi connectivity index (χ4n) is 5.36. The number of para-hydroxylation sites is 1. The number of aliphatic imine (C=N–C) groups is 1. The van der Waals surface area contributed by atoms with Gasteiger partial charge in [0.05, 0.1) is 21.8 Å². The van der Waals surface area contributed by atoms with E-state index in [1.807, 2.05) is 54.9 Å². The third-order valence-electron chi connectivity index (χ3n) is 7.56. The molecule has 8 nitrogen and oxygen atoms in total. The SMILES string of the molecule is CC1(C)C(C/C=C/C=C/C2=[N+](CCCCS(=O)(=O)O)c3ccc(S(=O)(=O)O)cc3C2(C)C)=Nc2ccccc21. The van der Waals surface area contributed by atoms with E-state index in [0.717, 1.165) is 28.4 Å². The van der Waals surface area contributed by atoms with Crippen molar-refractivity contribution in [2.24, 2.45) is 4.99 Å². The molecule has 0 saturated heterocycles. The normalized spacial score (nSPS) is 18.2. The van der Waals surface area contributed by atoms with E-state index in [9.17, 15) is 21.4 Å². The molecule has 0 bridgehead atoms. The molecule has 0 amide bonds. The molecule has 39 heavy (non-hydrogen) atoms. The molecular formula is C29H35N2O6S2+. The van der Waals surface area contributed by atoms with Gasteiger partial charge in [-0.15, -0.1) is 0 Å². The number of nitrogens with zero attached hydrogens (tertiary/aromatic N) is 2. The van der Waals surface area contributed by atoms with Crippen LogP contribution < -0.4 is 0 Å². The Hall–Kier alpha value is -2.92. The Kier molecular flexibility index (Phi) is 7.88. The second-order valence-corrected chi connectivity index (χ2v) is 14.0. The summed E-state index contributed by atoms with van der Waals surface area (Å²) in [5.41, 5.74) is 5.05. The predicted molar refractivity (Wildman–Crippen MR) is 154 cm³/mol. The van der Waals surface area contributed by atoms with Gasteiger partial charge in [0, 0.05) is 41.7 Å². The lowest BCUT2D eigenvalue weighted by Crippen LogP contribution is -2.28. The van der Waals surface area contributed by atoms with Crippen molar-refractivity contribution in [1.82, 2.24) is 0 Å². The Morgan fingerprint density at radius 3 is 2.28 bits per heavy atom. The van der Waals surface area contributed by atoms with E-state index in [1.54, 1.807) is 6.07 Å². The van der Waals surface area contributed by atoms with Gasteiger partial charge in [-0.1, -0.05) is 50.3 Å². The van der Waals surface area contributed by atoms with Crippen LogP contribution in [0.15, 0.2) is 76.7 Å². The molecule has 10 heteroatoms. The van der Waals surface area contributed by atoms with Gasteiger partial charge in [0.2, 0.25) is 5.69 Å². The van der Waals surface area contributed by atoms with Crippen molar-refractivity contribution < 1.29 is 30.5 Å². The molecule has 0 aliphatic carbocycles. The van der Waals surface area contributed by atoms with Gasteiger partial charge in [0.25, 0.3) is 20.2 Å². The van der Waals surface area contributed by atoms with Crippen LogP contribution >= 0.6 is 0 Å². The predicted octanol–water partition coefficient (Wildman–Crippen LogP) is 5.54. The van der Waals surface area contributed by atoms with Gasteiger partial charge in [-0.3, -0.25) is 14.1 Å². The highest BCUT2D eigenvalue weighted by molar-refractivity contribution is 7.86. The zero-order chi connectivity index (χ0) is 28.6. The van der Waals surface area contributed by atoms with Crippen LogP contribution in [0.1, 0.15) is 58.1 Å². The summed E-state index contributed by atoms with van der Waals surface area (Å²) in [6.45, 7) is 8.79. The van der Waals surface area contributed by atoms with Gasteiger partial charge in [-0.05, 0) is 44.0 Å². The summed E-state index contributed by atoms with van der Waals surface area (Å²) in [5.74, 6) is -0.323. The Balaban J connectivity index is 1.58. The van der Waals surface area contributed by atoms with E-state index in [4.69, 9.17) is 9.55 Å². The maximum absolute atomic E-state index is 11.8. The van der Waals surface area contributed by atoms with Gasteiger partial charge in [0.1, 0.15) is 6.54 Å². The lowest BCUT2D eigenvalue weighted by molar-refractivity contribution is -0.438. The molecule has 2 aromatic carbocycles. The number of allylic oxidation sites excluding steroid dienone is 4. The molecule has 0 fully saturated rings. The summed E-state index contributed by atoms with van der Waals surface area (Å²) in [6, 6.07) is 12.7. The highest BCUT2D eigenvalue weighted by Gasteiger charge is 2.44. The lowest BCUT2D eigenvalue weighted by Gasteiger charge is -2.21. The maximum atomic E-state index is 11.8. The number of unbranched alkanes of at least 4 members (excludes halogenated alkanes) is 1. The molecule has 0 aromatic heterocycles. The number of fused-ring (bicyclic) bond motifs is 2. The van der Waals surface area contributed by atoms with Crippen LogP contribution in [-0.2, 0) is 31.1 Å². The van der Waals surface area contributed by atoms with Crippen LogP contribution in [0.5, 0.6) is 0 Å². The molecular weight excluding hydrogens is 536 g/mol. The van der Waals surface area contributed by atoms with E-state index >= 15 is 0 Å². The zero-order valence-electron chi connectivity index (χ0n) is 22.6. The maximum Gasteiger partial charge on any atom is 0.294 e. The van der Waals surface area contributed by atoms with Crippen molar-refractivity contribution in [3.63, 3.8) is 0 Å². The average Bonchev–Trinajstić information content (AvgIpc) is 3.22. The number of hydrogen-bond acceptors (Lipinski definition) is 5. The van der Waals surface area contributed by atoms with Crippen molar-refractivity contribution in [1.29, 1.82) is 0 Å². The van der Waals surface area contributed by atoms with Crippen molar-refractivity contribution in [2.75, 3.05) is 12.3 Å². The van der Waals surface area contributed by atoms with Crippen LogP contribution in [0.4, 0.5) is 11.4 Å². The largest absolute Gasteiger partial charge is 0.294 e. The molecule has 0 unspecified atom stereocenters. The van der Waals surface area contributed by atoms with Crippen LogP contribution in [0, 0.1) is 0 Å². The number of rotatable bonds is 10. The van der Waals surface area contributed by atoms with E-state index in [1.165, 1.54) is 17.7 Å². The minimum absolute atomic E-state index is 0.141.